The van der Waals surface area contributed by atoms with Crippen LogP contribution in [0.5, 0.6) is 0 Å². The number of rotatable bonds is 3. The van der Waals surface area contributed by atoms with Gasteiger partial charge in [0.05, 0.1) is 13.2 Å². The lowest BCUT2D eigenvalue weighted by atomic mass is 10.1. The van der Waals surface area contributed by atoms with E-state index in [1.165, 1.54) is 8.61 Å². The summed E-state index contributed by atoms with van der Waals surface area (Å²) in [6.07, 6.45) is 0.750. The second kappa shape index (κ2) is 4.97. The Morgan fingerprint density at radius 2 is 1.88 bits per heavy atom. The number of nitrogens with zero attached hydrogens (tertiary/aromatic N) is 2. The molecule has 2 aliphatic rings. The van der Waals surface area contributed by atoms with E-state index in [1.54, 1.807) is 0 Å². The molecule has 1 N–H and O–H groups in total. The van der Waals surface area contributed by atoms with E-state index in [0.29, 0.717) is 39.4 Å². The summed E-state index contributed by atoms with van der Waals surface area (Å²) < 4.78 is 32.4. The minimum Gasteiger partial charge on any atom is -0.396 e. The second-order valence-electron chi connectivity index (χ2n) is 4.21. The minimum absolute atomic E-state index is 0.0646. The van der Waals surface area contributed by atoms with Crippen molar-refractivity contribution < 1.29 is 18.3 Å². The van der Waals surface area contributed by atoms with Gasteiger partial charge in [0.2, 0.25) is 0 Å². The minimum atomic E-state index is -3.33. The molecule has 6 nitrogen and oxygen atoms in total. The van der Waals surface area contributed by atoms with Crippen LogP contribution in [-0.2, 0) is 14.9 Å². The van der Waals surface area contributed by atoms with E-state index in [0.717, 1.165) is 6.42 Å². The van der Waals surface area contributed by atoms with Crippen LogP contribution in [0, 0.1) is 5.92 Å². The first-order chi connectivity index (χ1) is 7.64. The van der Waals surface area contributed by atoms with Gasteiger partial charge in [-0.1, -0.05) is 0 Å². The Morgan fingerprint density at radius 1 is 1.19 bits per heavy atom. The molecular weight excluding hydrogens is 232 g/mol. The molecule has 0 aromatic carbocycles. The van der Waals surface area contributed by atoms with E-state index in [-0.39, 0.29) is 12.5 Å². The van der Waals surface area contributed by atoms with E-state index in [4.69, 9.17) is 9.84 Å². The average Bonchev–Trinajstić information content (AvgIpc) is 2.79. The zero-order valence-electron chi connectivity index (χ0n) is 9.21. The molecule has 1 atom stereocenters. The number of hydrogen-bond acceptors (Lipinski definition) is 4. The lowest BCUT2D eigenvalue weighted by Gasteiger charge is -2.30. The molecule has 94 valence electrons. The maximum absolute atomic E-state index is 12.2. The number of aliphatic hydroxyl groups excluding tert-OH is 1. The standard InChI is InChI=1S/C9H18N2O4S/c12-8-9-1-2-11(7-9)16(13,14)10-3-5-15-6-4-10/h9,12H,1-8H2. The third-order valence-electron chi connectivity index (χ3n) is 3.13. The van der Waals surface area contributed by atoms with E-state index < -0.39 is 10.2 Å². The van der Waals surface area contributed by atoms with Gasteiger partial charge in [-0.15, -0.1) is 0 Å². The Labute approximate surface area is 96.0 Å². The van der Waals surface area contributed by atoms with Gasteiger partial charge in [0.15, 0.2) is 0 Å². The van der Waals surface area contributed by atoms with Crippen LogP contribution in [0.3, 0.4) is 0 Å². The van der Waals surface area contributed by atoms with Crippen molar-refractivity contribution in [3.8, 4) is 0 Å². The zero-order chi connectivity index (χ0) is 11.6. The highest BCUT2D eigenvalue weighted by molar-refractivity contribution is 7.86. The van der Waals surface area contributed by atoms with E-state index in [2.05, 4.69) is 0 Å². The lowest BCUT2D eigenvalue weighted by molar-refractivity contribution is 0.0704. The van der Waals surface area contributed by atoms with Crippen molar-refractivity contribution in [2.45, 2.75) is 6.42 Å². The van der Waals surface area contributed by atoms with Crippen molar-refractivity contribution in [2.75, 3.05) is 46.0 Å². The van der Waals surface area contributed by atoms with Gasteiger partial charge < -0.3 is 9.84 Å². The Hall–Kier alpha value is -0.210. The predicted molar refractivity (Wildman–Crippen MR) is 58.1 cm³/mol. The van der Waals surface area contributed by atoms with E-state index >= 15 is 0 Å². The summed E-state index contributed by atoms with van der Waals surface area (Å²) in [4.78, 5) is 0. The fraction of sp³-hybridized carbons (Fsp3) is 1.00. The molecule has 7 heteroatoms. The molecule has 1 unspecified atom stereocenters. The van der Waals surface area contributed by atoms with Crippen LogP contribution in [-0.4, -0.2) is 68.1 Å². The highest BCUT2D eigenvalue weighted by Gasteiger charge is 2.35. The van der Waals surface area contributed by atoms with Crippen LogP contribution < -0.4 is 0 Å². The first-order valence-corrected chi connectivity index (χ1v) is 6.98. The number of ether oxygens (including phenoxy) is 1. The van der Waals surface area contributed by atoms with Gasteiger partial charge in [0, 0.05) is 32.8 Å². The Morgan fingerprint density at radius 3 is 2.44 bits per heavy atom. The van der Waals surface area contributed by atoms with Crippen molar-refractivity contribution in [3.63, 3.8) is 0 Å². The largest absolute Gasteiger partial charge is 0.396 e. The average molecular weight is 250 g/mol. The molecule has 0 radical (unpaired) electrons. The molecule has 2 fully saturated rings. The SMILES string of the molecule is O=S(=O)(N1CCOCC1)N1CCC(CO)C1. The molecule has 0 amide bonds. The van der Waals surface area contributed by atoms with E-state index in [1.807, 2.05) is 0 Å². The highest BCUT2D eigenvalue weighted by atomic mass is 32.2. The molecule has 2 saturated heterocycles. The summed E-state index contributed by atoms with van der Waals surface area (Å²) in [6, 6.07) is 0. The van der Waals surface area contributed by atoms with E-state index in [9.17, 15) is 8.42 Å². The van der Waals surface area contributed by atoms with Crippen molar-refractivity contribution in [3.05, 3.63) is 0 Å². The Balaban J connectivity index is 2.01. The molecule has 0 aromatic rings. The van der Waals surface area contributed by atoms with Crippen LogP contribution in [0.15, 0.2) is 0 Å². The van der Waals surface area contributed by atoms with Crippen LogP contribution in [0.25, 0.3) is 0 Å². The number of aliphatic hydroxyl groups is 1. The highest BCUT2D eigenvalue weighted by Crippen LogP contribution is 2.21. The topological polar surface area (TPSA) is 70.1 Å². The van der Waals surface area contributed by atoms with Crippen LogP contribution in [0.1, 0.15) is 6.42 Å². The summed E-state index contributed by atoms with van der Waals surface area (Å²) in [6.45, 7) is 2.83. The summed E-state index contributed by atoms with van der Waals surface area (Å²) >= 11 is 0. The van der Waals surface area contributed by atoms with Crippen molar-refractivity contribution >= 4 is 10.2 Å². The molecule has 16 heavy (non-hydrogen) atoms. The van der Waals surface area contributed by atoms with Gasteiger partial charge >= 0.3 is 0 Å². The molecule has 0 aromatic heterocycles. The third kappa shape index (κ3) is 2.38. The molecule has 2 rings (SSSR count). The summed E-state index contributed by atoms with van der Waals surface area (Å²) in [5, 5.41) is 9.00. The Bertz CT molecular complexity index is 326. The van der Waals surface area contributed by atoms with Gasteiger partial charge in [0.1, 0.15) is 0 Å². The van der Waals surface area contributed by atoms with Crippen molar-refractivity contribution in [2.24, 2.45) is 5.92 Å². The predicted octanol–water partition coefficient (Wildman–Crippen LogP) is -1.12. The van der Waals surface area contributed by atoms with Gasteiger partial charge in [-0.25, -0.2) is 0 Å². The van der Waals surface area contributed by atoms with Crippen molar-refractivity contribution in [1.82, 2.24) is 8.61 Å². The fourth-order valence-corrected chi connectivity index (χ4v) is 3.77. The molecule has 0 spiro atoms. The summed E-state index contributed by atoms with van der Waals surface area (Å²) in [5.41, 5.74) is 0. The summed E-state index contributed by atoms with van der Waals surface area (Å²) in [7, 11) is -3.33. The normalized spacial score (nSPS) is 29.7. The van der Waals surface area contributed by atoms with Crippen LogP contribution >= 0.6 is 0 Å². The smallest absolute Gasteiger partial charge is 0.282 e. The van der Waals surface area contributed by atoms with Gasteiger partial charge in [-0.2, -0.15) is 17.0 Å². The lowest BCUT2D eigenvalue weighted by Crippen LogP contribution is -2.47. The third-order valence-corrected chi connectivity index (χ3v) is 5.13. The molecule has 0 bridgehead atoms. The zero-order valence-corrected chi connectivity index (χ0v) is 10.0. The summed E-state index contributed by atoms with van der Waals surface area (Å²) in [5.74, 6) is 0.0933. The molecule has 0 saturated carbocycles. The maximum Gasteiger partial charge on any atom is 0.282 e. The van der Waals surface area contributed by atoms with Gasteiger partial charge in [-0.05, 0) is 12.3 Å². The maximum atomic E-state index is 12.2. The second-order valence-corrected chi connectivity index (χ2v) is 6.14. The number of hydrogen-bond donors (Lipinski definition) is 1. The van der Waals surface area contributed by atoms with Gasteiger partial charge in [0.25, 0.3) is 10.2 Å². The fourth-order valence-electron chi connectivity index (χ4n) is 2.10. The first kappa shape index (κ1) is 12.3. The quantitative estimate of drug-likeness (QED) is 0.688. The molecule has 0 aliphatic carbocycles. The van der Waals surface area contributed by atoms with Crippen LogP contribution in [0.2, 0.25) is 0 Å². The number of morpholine rings is 1. The van der Waals surface area contributed by atoms with Crippen molar-refractivity contribution in [1.29, 1.82) is 0 Å². The molecule has 2 heterocycles. The van der Waals surface area contributed by atoms with Gasteiger partial charge in [-0.3, -0.25) is 0 Å². The van der Waals surface area contributed by atoms with Crippen LogP contribution in [0.4, 0.5) is 0 Å². The molecule has 2 aliphatic heterocycles. The monoisotopic (exact) mass is 250 g/mol. The molecular formula is C9H18N2O4S. The first-order valence-electron chi connectivity index (χ1n) is 5.58. The Kier molecular flexibility index (Phi) is 3.81.